The van der Waals surface area contributed by atoms with Crippen LogP contribution in [0.1, 0.15) is 43.0 Å². The minimum absolute atomic E-state index is 0.203. The van der Waals surface area contributed by atoms with Crippen LogP contribution in [0.5, 0.6) is 0 Å². The molecule has 0 aromatic heterocycles. The molecular weight excluding hydrogens is 228 g/mol. The largest absolute Gasteiger partial charge is 0.478 e. The Morgan fingerprint density at radius 3 is 2.78 bits per heavy atom. The SMILES string of the molecule is CCCCN(c1ccc(N)c(C(=O)O)c1)C1CC1. The summed E-state index contributed by atoms with van der Waals surface area (Å²) in [6, 6.07) is 5.91. The van der Waals surface area contributed by atoms with E-state index < -0.39 is 5.97 Å². The summed E-state index contributed by atoms with van der Waals surface area (Å²) in [7, 11) is 0. The molecule has 0 spiro atoms. The summed E-state index contributed by atoms with van der Waals surface area (Å²) in [6.45, 7) is 3.15. The summed E-state index contributed by atoms with van der Waals surface area (Å²) in [4.78, 5) is 13.4. The van der Waals surface area contributed by atoms with Crippen molar-refractivity contribution in [3.8, 4) is 0 Å². The van der Waals surface area contributed by atoms with Crippen molar-refractivity contribution in [1.29, 1.82) is 0 Å². The van der Waals surface area contributed by atoms with Gasteiger partial charge in [0.25, 0.3) is 0 Å². The lowest BCUT2D eigenvalue weighted by molar-refractivity contribution is 0.0698. The summed E-state index contributed by atoms with van der Waals surface area (Å²) < 4.78 is 0. The molecule has 0 saturated heterocycles. The molecule has 1 aromatic rings. The molecule has 98 valence electrons. The summed E-state index contributed by atoms with van der Waals surface area (Å²) >= 11 is 0. The number of nitrogen functional groups attached to an aromatic ring is 1. The number of rotatable bonds is 6. The Balaban J connectivity index is 2.24. The molecule has 18 heavy (non-hydrogen) atoms. The first-order valence-corrected chi connectivity index (χ1v) is 6.53. The summed E-state index contributed by atoms with van der Waals surface area (Å²) in [5.74, 6) is -0.958. The molecule has 0 aliphatic heterocycles. The van der Waals surface area contributed by atoms with Crippen LogP contribution in [0, 0.1) is 0 Å². The van der Waals surface area contributed by atoms with E-state index in [1.807, 2.05) is 6.07 Å². The fourth-order valence-electron chi connectivity index (χ4n) is 2.15. The molecule has 1 fully saturated rings. The fourth-order valence-corrected chi connectivity index (χ4v) is 2.15. The van der Waals surface area contributed by atoms with Crippen molar-refractivity contribution < 1.29 is 9.90 Å². The highest BCUT2D eigenvalue weighted by Gasteiger charge is 2.29. The Bertz CT molecular complexity index is 441. The lowest BCUT2D eigenvalue weighted by Gasteiger charge is -2.25. The first kappa shape index (κ1) is 12.7. The van der Waals surface area contributed by atoms with E-state index in [4.69, 9.17) is 10.8 Å². The zero-order chi connectivity index (χ0) is 13.1. The van der Waals surface area contributed by atoms with Gasteiger partial charge >= 0.3 is 5.97 Å². The second-order valence-corrected chi connectivity index (χ2v) is 4.85. The number of unbranched alkanes of at least 4 members (excludes halogenated alkanes) is 1. The van der Waals surface area contributed by atoms with Crippen molar-refractivity contribution in [2.45, 2.75) is 38.6 Å². The quantitative estimate of drug-likeness (QED) is 0.760. The maximum absolute atomic E-state index is 11.1. The number of nitrogens with zero attached hydrogens (tertiary/aromatic N) is 1. The normalized spacial score (nSPS) is 14.5. The molecule has 1 aliphatic carbocycles. The van der Waals surface area contributed by atoms with E-state index in [1.54, 1.807) is 12.1 Å². The number of carboxylic acid groups (broad SMARTS) is 1. The standard InChI is InChI=1S/C14H20N2O2/c1-2-3-8-16(10-4-5-10)11-6-7-13(15)12(9-11)14(17)18/h6-7,9-10H,2-5,8,15H2,1H3,(H,17,18). The average Bonchev–Trinajstić information content (AvgIpc) is 3.15. The van der Waals surface area contributed by atoms with Crippen molar-refractivity contribution in [2.75, 3.05) is 17.2 Å². The Morgan fingerprint density at radius 2 is 2.22 bits per heavy atom. The van der Waals surface area contributed by atoms with E-state index in [2.05, 4.69) is 11.8 Å². The van der Waals surface area contributed by atoms with Crippen LogP contribution < -0.4 is 10.6 Å². The van der Waals surface area contributed by atoms with E-state index in [0.29, 0.717) is 11.7 Å². The van der Waals surface area contributed by atoms with Crippen molar-refractivity contribution >= 4 is 17.3 Å². The zero-order valence-corrected chi connectivity index (χ0v) is 10.7. The summed E-state index contributed by atoms with van der Waals surface area (Å²) in [6.07, 6.45) is 4.68. The molecule has 0 unspecified atom stereocenters. The molecule has 4 nitrogen and oxygen atoms in total. The minimum atomic E-state index is -0.958. The van der Waals surface area contributed by atoms with Gasteiger partial charge in [0.05, 0.1) is 5.56 Å². The van der Waals surface area contributed by atoms with Gasteiger partial charge in [-0.1, -0.05) is 13.3 Å². The van der Waals surface area contributed by atoms with Crippen LogP contribution in [0.3, 0.4) is 0 Å². The third kappa shape index (κ3) is 2.75. The van der Waals surface area contributed by atoms with Crippen LogP contribution in [0.2, 0.25) is 0 Å². The molecule has 3 N–H and O–H groups in total. The van der Waals surface area contributed by atoms with E-state index >= 15 is 0 Å². The van der Waals surface area contributed by atoms with E-state index in [9.17, 15) is 4.79 Å². The van der Waals surface area contributed by atoms with Crippen LogP contribution in [0.15, 0.2) is 18.2 Å². The Hall–Kier alpha value is -1.71. The molecule has 0 radical (unpaired) electrons. The van der Waals surface area contributed by atoms with Crippen molar-refractivity contribution in [3.63, 3.8) is 0 Å². The average molecular weight is 248 g/mol. The number of benzene rings is 1. The molecule has 0 heterocycles. The number of hydrogen-bond acceptors (Lipinski definition) is 3. The number of aromatic carboxylic acids is 1. The van der Waals surface area contributed by atoms with Gasteiger partial charge in [-0.15, -0.1) is 0 Å². The van der Waals surface area contributed by atoms with Crippen LogP contribution in [0.4, 0.5) is 11.4 Å². The first-order chi connectivity index (χ1) is 8.63. The Labute approximate surface area is 107 Å². The number of carbonyl (C=O) groups is 1. The molecule has 0 atom stereocenters. The summed E-state index contributed by atoms with van der Waals surface area (Å²) in [5.41, 5.74) is 7.20. The van der Waals surface area contributed by atoms with Gasteiger partial charge < -0.3 is 15.7 Å². The van der Waals surface area contributed by atoms with Crippen LogP contribution >= 0.6 is 0 Å². The van der Waals surface area contributed by atoms with Gasteiger partial charge in [0.2, 0.25) is 0 Å². The summed E-state index contributed by atoms with van der Waals surface area (Å²) in [5, 5.41) is 9.10. The topological polar surface area (TPSA) is 66.6 Å². The predicted octanol–water partition coefficient (Wildman–Crippen LogP) is 2.74. The predicted molar refractivity (Wildman–Crippen MR) is 73.1 cm³/mol. The molecular formula is C14H20N2O2. The maximum Gasteiger partial charge on any atom is 0.337 e. The Kier molecular flexibility index (Phi) is 3.75. The maximum atomic E-state index is 11.1. The monoisotopic (exact) mass is 248 g/mol. The van der Waals surface area contributed by atoms with E-state index in [-0.39, 0.29) is 5.56 Å². The van der Waals surface area contributed by atoms with Gasteiger partial charge in [-0.3, -0.25) is 0 Å². The highest BCUT2D eigenvalue weighted by Crippen LogP contribution is 2.33. The van der Waals surface area contributed by atoms with Crippen molar-refractivity contribution in [2.24, 2.45) is 0 Å². The zero-order valence-electron chi connectivity index (χ0n) is 10.7. The lowest BCUT2D eigenvalue weighted by atomic mass is 10.1. The molecule has 2 rings (SSSR count). The minimum Gasteiger partial charge on any atom is -0.478 e. The molecule has 0 amide bonds. The van der Waals surface area contributed by atoms with Crippen LogP contribution in [-0.4, -0.2) is 23.7 Å². The first-order valence-electron chi connectivity index (χ1n) is 6.53. The number of nitrogens with two attached hydrogens (primary N) is 1. The second kappa shape index (κ2) is 5.29. The molecule has 4 heteroatoms. The van der Waals surface area contributed by atoms with Gasteiger partial charge in [0.15, 0.2) is 0 Å². The highest BCUT2D eigenvalue weighted by molar-refractivity contribution is 5.94. The van der Waals surface area contributed by atoms with Crippen molar-refractivity contribution in [3.05, 3.63) is 23.8 Å². The lowest BCUT2D eigenvalue weighted by Crippen LogP contribution is -2.27. The van der Waals surface area contributed by atoms with E-state index in [1.165, 1.54) is 12.8 Å². The molecule has 0 bridgehead atoms. The van der Waals surface area contributed by atoms with Gasteiger partial charge in [-0.05, 0) is 37.5 Å². The second-order valence-electron chi connectivity index (χ2n) is 4.85. The molecule has 1 aliphatic rings. The van der Waals surface area contributed by atoms with Crippen molar-refractivity contribution in [1.82, 2.24) is 0 Å². The van der Waals surface area contributed by atoms with Crippen LogP contribution in [0.25, 0.3) is 0 Å². The number of carboxylic acids is 1. The smallest absolute Gasteiger partial charge is 0.337 e. The molecule has 1 saturated carbocycles. The van der Waals surface area contributed by atoms with Gasteiger partial charge in [0, 0.05) is 24.0 Å². The van der Waals surface area contributed by atoms with Gasteiger partial charge in [0.1, 0.15) is 0 Å². The number of anilines is 2. The fraction of sp³-hybridized carbons (Fsp3) is 0.500. The van der Waals surface area contributed by atoms with Gasteiger partial charge in [-0.25, -0.2) is 4.79 Å². The Morgan fingerprint density at radius 1 is 1.50 bits per heavy atom. The molecule has 1 aromatic carbocycles. The third-order valence-electron chi connectivity index (χ3n) is 3.34. The highest BCUT2D eigenvalue weighted by atomic mass is 16.4. The third-order valence-corrected chi connectivity index (χ3v) is 3.34. The number of hydrogen-bond donors (Lipinski definition) is 2. The van der Waals surface area contributed by atoms with Gasteiger partial charge in [-0.2, -0.15) is 0 Å². The van der Waals surface area contributed by atoms with Crippen LogP contribution in [-0.2, 0) is 0 Å². The van der Waals surface area contributed by atoms with E-state index in [0.717, 1.165) is 25.1 Å².